The van der Waals surface area contributed by atoms with Crippen LogP contribution < -0.4 is 26.3 Å². The van der Waals surface area contributed by atoms with E-state index in [1.165, 1.54) is 0 Å². The number of nitrogens with two attached hydrogens (primary N) is 2. The molecule has 0 spiro atoms. The second kappa shape index (κ2) is 7.79. The molecule has 0 bridgehead atoms. The van der Waals surface area contributed by atoms with Crippen LogP contribution in [-0.4, -0.2) is 35.6 Å². The zero-order valence-electron chi connectivity index (χ0n) is 15.5. The van der Waals surface area contributed by atoms with Crippen LogP contribution in [0.5, 0.6) is 11.6 Å². The van der Waals surface area contributed by atoms with Crippen molar-refractivity contribution in [3.05, 3.63) is 29.5 Å². The molecule has 1 unspecified atom stereocenters. The van der Waals surface area contributed by atoms with Crippen molar-refractivity contribution < 1.29 is 19.1 Å². The average Bonchev–Trinajstić information content (AvgIpc) is 3.03. The SMILES string of the molecule is CC(C)Oc1cc2c(OCC3CCC(=O)N3)ncc(CN)c2cc1C(N)=O. The molecule has 0 aliphatic carbocycles. The van der Waals surface area contributed by atoms with Gasteiger partial charge in [-0.15, -0.1) is 0 Å². The van der Waals surface area contributed by atoms with E-state index >= 15 is 0 Å². The Morgan fingerprint density at radius 3 is 2.74 bits per heavy atom. The number of primary amides is 1. The van der Waals surface area contributed by atoms with Crippen molar-refractivity contribution in [1.29, 1.82) is 0 Å². The number of nitrogens with one attached hydrogen (secondary N) is 1. The number of rotatable bonds is 7. The normalized spacial score (nSPS) is 16.6. The molecule has 2 aromatic rings. The Hall–Kier alpha value is -2.87. The van der Waals surface area contributed by atoms with Crippen LogP contribution in [0.4, 0.5) is 0 Å². The molecule has 1 saturated heterocycles. The summed E-state index contributed by atoms with van der Waals surface area (Å²) < 4.78 is 11.6. The third-order valence-electron chi connectivity index (χ3n) is 4.39. The lowest BCUT2D eigenvalue weighted by molar-refractivity contribution is -0.119. The van der Waals surface area contributed by atoms with Gasteiger partial charge in [0.1, 0.15) is 12.4 Å². The highest BCUT2D eigenvalue weighted by Gasteiger charge is 2.22. The Morgan fingerprint density at radius 2 is 2.15 bits per heavy atom. The summed E-state index contributed by atoms with van der Waals surface area (Å²) in [6, 6.07) is 3.34. The maximum atomic E-state index is 11.9. The summed E-state index contributed by atoms with van der Waals surface area (Å²) >= 11 is 0. The van der Waals surface area contributed by atoms with E-state index in [0.717, 1.165) is 17.4 Å². The minimum atomic E-state index is -0.580. The highest BCUT2D eigenvalue weighted by atomic mass is 16.5. The molecule has 1 aliphatic rings. The lowest BCUT2D eigenvalue weighted by Gasteiger charge is -2.17. The first-order valence-corrected chi connectivity index (χ1v) is 8.93. The topological polar surface area (TPSA) is 130 Å². The molecule has 1 fully saturated rings. The predicted molar refractivity (Wildman–Crippen MR) is 101 cm³/mol. The summed E-state index contributed by atoms with van der Waals surface area (Å²) in [7, 11) is 0. The van der Waals surface area contributed by atoms with Crippen LogP contribution in [0.25, 0.3) is 10.8 Å². The zero-order valence-corrected chi connectivity index (χ0v) is 15.5. The number of carbonyl (C=O) groups excluding carboxylic acids is 2. The first-order valence-electron chi connectivity index (χ1n) is 8.93. The van der Waals surface area contributed by atoms with Crippen LogP contribution >= 0.6 is 0 Å². The van der Waals surface area contributed by atoms with Gasteiger partial charge >= 0.3 is 0 Å². The molecule has 5 N–H and O–H groups in total. The fraction of sp³-hybridized carbons (Fsp3) is 0.421. The average molecular weight is 372 g/mol. The number of ether oxygens (including phenoxy) is 2. The molecule has 1 aromatic carbocycles. The monoisotopic (exact) mass is 372 g/mol. The van der Waals surface area contributed by atoms with Crippen molar-refractivity contribution in [3.8, 4) is 11.6 Å². The van der Waals surface area contributed by atoms with Crippen molar-refractivity contribution in [2.75, 3.05) is 6.61 Å². The van der Waals surface area contributed by atoms with Crippen molar-refractivity contribution in [2.45, 2.75) is 45.4 Å². The van der Waals surface area contributed by atoms with E-state index in [4.69, 9.17) is 20.9 Å². The van der Waals surface area contributed by atoms with Crippen molar-refractivity contribution in [2.24, 2.45) is 11.5 Å². The highest BCUT2D eigenvalue weighted by Crippen LogP contribution is 2.33. The van der Waals surface area contributed by atoms with Gasteiger partial charge in [-0.25, -0.2) is 4.98 Å². The standard InChI is InChI=1S/C19H24N4O4/c1-10(2)27-16-6-14-13(5-15(16)18(21)25)11(7-20)8-22-19(14)26-9-12-3-4-17(24)23-12/h5-6,8,10,12H,3-4,7,9,20H2,1-2H3,(H2,21,25)(H,23,24). The van der Waals surface area contributed by atoms with E-state index < -0.39 is 5.91 Å². The van der Waals surface area contributed by atoms with Gasteiger partial charge < -0.3 is 26.3 Å². The minimum Gasteiger partial charge on any atom is -0.490 e. The van der Waals surface area contributed by atoms with Crippen LogP contribution in [0.15, 0.2) is 18.3 Å². The van der Waals surface area contributed by atoms with Gasteiger partial charge in [0.15, 0.2) is 0 Å². The van der Waals surface area contributed by atoms with Gasteiger partial charge in [-0.1, -0.05) is 0 Å². The van der Waals surface area contributed by atoms with Crippen LogP contribution in [0.1, 0.15) is 42.6 Å². The smallest absolute Gasteiger partial charge is 0.252 e. The van der Waals surface area contributed by atoms with Crippen LogP contribution in [0.2, 0.25) is 0 Å². The van der Waals surface area contributed by atoms with E-state index in [1.807, 2.05) is 13.8 Å². The van der Waals surface area contributed by atoms with E-state index in [-0.39, 0.29) is 30.2 Å². The zero-order chi connectivity index (χ0) is 19.6. The molecular weight excluding hydrogens is 348 g/mol. The summed E-state index contributed by atoms with van der Waals surface area (Å²) in [5.41, 5.74) is 12.4. The van der Waals surface area contributed by atoms with E-state index in [2.05, 4.69) is 10.3 Å². The van der Waals surface area contributed by atoms with Gasteiger partial charge in [-0.3, -0.25) is 9.59 Å². The second-order valence-electron chi connectivity index (χ2n) is 6.83. The van der Waals surface area contributed by atoms with Crippen molar-refractivity contribution in [1.82, 2.24) is 10.3 Å². The number of pyridine rings is 1. The van der Waals surface area contributed by atoms with Crippen molar-refractivity contribution >= 4 is 22.6 Å². The minimum absolute atomic E-state index is 0.0265. The Bertz CT molecular complexity index is 882. The lowest BCUT2D eigenvalue weighted by atomic mass is 10.0. The molecule has 0 saturated carbocycles. The maximum Gasteiger partial charge on any atom is 0.252 e. The molecule has 0 radical (unpaired) electrons. The van der Waals surface area contributed by atoms with Gasteiger partial charge in [0, 0.05) is 24.5 Å². The van der Waals surface area contributed by atoms with Gasteiger partial charge in [0.2, 0.25) is 11.8 Å². The fourth-order valence-electron chi connectivity index (χ4n) is 3.10. The van der Waals surface area contributed by atoms with Gasteiger partial charge in [0.05, 0.1) is 17.7 Å². The van der Waals surface area contributed by atoms with E-state index in [0.29, 0.717) is 30.0 Å². The number of hydrogen-bond donors (Lipinski definition) is 3. The summed E-state index contributed by atoms with van der Waals surface area (Å²) in [6.07, 6.45) is 2.72. The largest absolute Gasteiger partial charge is 0.490 e. The van der Waals surface area contributed by atoms with Gasteiger partial charge in [-0.05, 0) is 43.4 Å². The Balaban J connectivity index is 2.02. The molecule has 2 heterocycles. The Morgan fingerprint density at radius 1 is 1.37 bits per heavy atom. The predicted octanol–water partition coefficient (Wildman–Crippen LogP) is 1.24. The van der Waals surface area contributed by atoms with E-state index in [1.54, 1.807) is 18.3 Å². The molecule has 8 nitrogen and oxygen atoms in total. The number of nitrogens with zero attached hydrogens (tertiary/aromatic N) is 1. The number of amides is 2. The number of fused-ring (bicyclic) bond motifs is 1. The third-order valence-corrected chi connectivity index (χ3v) is 4.39. The summed E-state index contributed by atoms with van der Waals surface area (Å²) in [5, 5.41) is 4.28. The number of carbonyl (C=O) groups is 2. The molecule has 144 valence electrons. The first-order chi connectivity index (χ1) is 12.9. The van der Waals surface area contributed by atoms with Gasteiger partial charge in [0.25, 0.3) is 5.91 Å². The molecular formula is C19H24N4O4. The fourth-order valence-corrected chi connectivity index (χ4v) is 3.10. The molecule has 2 amide bonds. The van der Waals surface area contributed by atoms with Gasteiger partial charge in [-0.2, -0.15) is 0 Å². The quantitative estimate of drug-likeness (QED) is 0.670. The summed E-state index contributed by atoms with van der Waals surface area (Å²) in [5.74, 6) is 0.218. The maximum absolute atomic E-state index is 11.9. The molecule has 8 heteroatoms. The number of aromatic nitrogens is 1. The number of hydrogen-bond acceptors (Lipinski definition) is 6. The molecule has 1 atom stereocenters. The summed E-state index contributed by atoms with van der Waals surface area (Å²) in [6.45, 7) is 4.30. The molecule has 1 aromatic heterocycles. The highest BCUT2D eigenvalue weighted by molar-refractivity contribution is 6.02. The van der Waals surface area contributed by atoms with Crippen LogP contribution in [-0.2, 0) is 11.3 Å². The van der Waals surface area contributed by atoms with Crippen molar-refractivity contribution in [3.63, 3.8) is 0 Å². The molecule has 3 rings (SSSR count). The number of benzene rings is 1. The lowest BCUT2D eigenvalue weighted by Crippen LogP contribution is -2.31. The molecule has 27 heavy (non-hydrogen) atoms. The second-order valence-corrected chi connectivity index (χ2v) is 6.83. The van der Waals surface area contributed by atoms with Crippen LogP contribution in [0, 0.1) is 0 Å². The third kappa shape index (κ3) is 4.11. The van der Waals surface area contributed by atoms with E-state index in [9.17, 15) is 9.59 Å². The van der Waals surface area contributed by atoms with Crippen LogP contribution in [0.3, 0.4) is 0 Å². The first kappa shape index (κ1) is 18.9. The molecule has 1 aliphatic heterocycles. The Labute approximate surface area is 157 Å². The summed E-state index contributed by atoms with van der Waals surface area (Å²) in [4.78, 5) is 27.6. The Kier molecular flexibility index (Phi) is 5.46.